The molecule has 1 aromatic rings. The van der Waals surface area contributed by atoms with Crippen LogP contribution in [0.3, 0.4) is 0 Å². The Morgan fingerprint density at radius 2 is 1.72 bits per heavy atom. The molecule has 2 heterocycles. The Kier molecular flexibility index (Phi) is 5.71. The molecule has 2 fully saturated rings. The third-order valence-corrected chi connectivity index (χ3v) is 5.32. The molecule has 136 valence electrons. The van der Waals surface area contributed by atoms with E-state index in [9.17, 15) is 9.59 Å². The molecule has 0 bridgehead atoms. The van der Waals surface area contributed by atoms with Gasteiger partial charge >= 0.3 is 0 Å². The third-order valence-electron chi connectivity index (χ3n) is 5.32. The molecule has 0 radical (unpaired) electrons. The number of rotatable bonds is 3. The number of piperidine rings is 1. The molecule has 3 rings (SSSR count). The van der Waals surface area contributed by atoms with Crippen molar-refractivity contribution in [2.45, 2.75) is 18.9 Å². The lowest BCUT2D eigenvalue weighted by atomic mass is 9.95. The Balaban J connectivity index is 1.60. The Labute approximate surface area is 149 Å². The lowest BCUT2D eigenvalue weighted by Crippen LogP contribution is -2.53. The summed E-state index contributed by atoms with van der Waals surface area (Å²) in [5.74, 6) is 0.0186. The fraction of sp³-hybridized carbons (Fsp3) is 0.579. The van der Waals surface area contributed by atoms with Crippen LogP contribution in [-0.4, -0.2) is 72.8 Å². The Bertz CT molecular complexity index is 599. The van der Waals surface area contributed by atoms with Crippen molar-refractivity contribution in [3.63, 3.8) is 0 Å². The maximum Gasteiger partial charge on any atom is 0.244 e. The predicted octanol–water partition coefficient (Wildman–Crippen LogP) is 0.699. The van der Waals surface area contributed by atoms with Gasteiger partial charge in [-0.2, -0.15) is 0 Å². The normalized spacial score (nSPS) is 23.4. The fourth-order valence-electron chi connectivity index (χ4n) is 3.66. The molecule has 2 aliphatic rings. The summed E-state index contributed by atoms with van der Waals surface area (Å²) in [6.07, 6.45) is 1.72. The van der Waals surface area contributed by atoms with E-state index in [-0.39, 0.29) is 17.7 Å². The summed E-state index contributed by atoms with van der Waals surface area (Å²) in [4.78, 5) is 31.5. The van der Waals surface area contributed by atoms with Crippen LogP contribution in [0.15, 0.2) is 30.3 Å². The molecule has 2 amide bonds. The first kappa shape index (κ1) is 17.9. The first-order valence-corrected chi connectivity index (χ1v) is 9.13. The van der Waals surface area contributed by atoms with Gasteiger partial charge in [0, 0.05) is 39.3 Å². The molecule has 2 N–H and O–H groups in total. The SMILES string of the molecule is CN1CCN(C(=O)[C@@H]2CCCN(C(=O)[C@@H](N)c3ccccc3)C2)CC1. The van der Waals surface area contributed by atoms with Crippen LogP contribution in [0.5, 0.6) is 0 Å². The van der Waals surface area contributed by atoms with Crippen molar-refractivity contribution >= 4 is 11.8 Å². The second-order valence-electron chi connectivity index (χ2n) is 7.14. The van der Waals surface area contributed by atoms with Gasteiger partial charge in [-0.3, -0.25) is 9.59 Å². The summed E-state index contributed by atoms with van der Waals surface area (Å²) in [6.45, 7) is 4.57. The average molecular weight is 344 g/mol. The van der Waals surface area contributed by atoms with E-state index in [1.54, 1.807) is 4.90 Å². The van der Waals surface area contributed by atoms with Gasteiger partial charge in [0.05, 0.1) is 5.92 Å². The van der Waals surface area contributed by atoms with Gasteiger partial charge in [-0.15, -0.1) is 0 Å². The maximum atomic E-state index is 12.8. The van der Waals surface area contributed by atoms with E-state index in [0.29, 0.717) is 13.1 Å². The molecular formula is C19H28N4O2. The van der Waals surface area contributed by atoms with Crippen LogP contribution in [0.2, 0.25) is 0 Å². The lowest BCUT2D eigenvalue weighted by Gasteiger charge is -2.38. The van der Waals surface area contributed by atoms with Gasteiger partial charge in [0.15, 0.2) is 0 Å². The van der Waals surface area contributed by atoms with Crippen LogP contribution in [0.25, 0.3) is 0 Å². The first-order chi connectivity index (χ1) is 12.1. The molecule has 0 saturated carbocycles. The third kappa shape index (κ3) is 4.19. The fourth-order valence-corrected chi connectivity index (χ4v) is 3.66. The second kappa shape index (κ2) is 7.97. The quantitative estimate of drug-likeness (QED) is 0.876. The van der Waals surface area contributed by atoms with Crippen LogP contribution in [-0.2, 0) is 9.59 Å². The standard InChI is InChI=1S/C19H28N4O2/c1-21-10-12-22(13-11-21)18(24)16-8-5-9-23(14-16)19(25)17(20)15-6-3-2-4-7-15/h2-4,6-7,16-17H,5,8-14,20H2,1H3/t16-,17+/m1/s1. The monoisotopic (exact) mass is 344 g/mol. The zero-order chi connectivity index (χ0) is 17.8. The molecule has 0 unspecified atom stereocenters. The molecule has 0 aliphatic carbocycles. The van der Waals surface area contributed by atoms with Crippen LogP contribution >= 0.6 is 0 Å². The lowest BCUT2D eigenvalue weighted by molar-refractivity contribution is -0.142. The van der Waals surface area contributed by atoms with E-state index in [1.165, 1.54) is 0 Å². The van der Waals surface area contributed by atoms with E-state index < -0.39 is 6.04 Å². The number of amides is 2. The van der Waals surface area contributed by atoms with Gasteiger partial charge in [-0.25, -0.2) is 0 Å². The maximum absolute atomic E-state index is 12.8. The Morgan fingerprint density at radius 1 is 1.04 bits per heavy atom. The van der Waals surface area contributed by atoms with Crippen molar-refractivity contribution in [2.24, 2.45) is 11.7 Å². The van der Waals surface area contributed by atoms with Gasteiger partial charge in [-0.1, -0.05) is 30.3 Å². The number of likely N-dealkylation sites (N-methyl/N-ethyl adjacent to an activating group) is 1. The molecule has 2 saturated heterocycles. The van der Waals surface area contributed by atoms with E-state index in [0.717, 1.165) is 44.6 Å². The Morgan fingerprint density at radius 3 is 2.40 bits per heavy atom. The molecule has 6 heteroatoms. The first-order valence-electron chi connectivity index (χ1n) is 9.13. The number of carbonyl (C=O) groups is 2. The highest BCUT2D eigenvalue weighted by molar-refractivity contribution is 5.85. The number of piperazine rings is 1. The molecule has 6 nitrogen and oxygen atoms in total. The zero-order valence-electron chi connectivity index (χ0n) is 14.9. The zero-order valence-corrected chi connectivity index (χ0v) is 14.9. The largest absolute Gasteiger partial charge is 0.340 e. The summed E-state index contributed by atoms with van der Waals surface area (Å²) in [5.41, 5.74) is 6.98. The van der Waals surface area contributed by atoms with Crippen LogP contribution in [0.4, 0.5) is 0 Å². The van der Waals surface area contributed by atoms with Crippen LogP contribution in [0, 0.1) is 5.92 Å². The van der Waals surface area contributed by atoms with Crippen molar-refractivity contribution in [1.29, 1.82) is 0 Å². The highest BCUT2D eigenvalue weighted by Crippen LogP contribution is 2.22. The van der Waals surface area contributed by atoms with E-state index >= 15 is 0 Å². The van der Waals surface area contributed by atoms with Crippen molar-refractivity contribution in [3.8, 4) is 0 Å². The summed E-state index contributed by atoms with van der Waals surface area (Å²) >= 11 is 0. The van der Waals surface area contributed by atoms with Crippen molar-refractivity contribution < 1.29 is 9.59 Å². The highest BCUT2D eigenvalue weighted by Gasteiger charge is 2.33. The Hall–Kier alpha value is -1.92. The summed E-state index contributed by atoms with van der Waals surface area (Å²) in [6, 6.07) is 8.78. The molecule has 2 aliphatic heterocycles. The summed E-state index contributed by atoms with van der Waals surface area (Å²) in [7, 11) is 2.08. The van der Waals surface area contributed by atoms with Gasteiger partial charge in [0.25, 0.3) is 0 Å². The summed E-state index contributed by atoms with van der Waals surface area (Å²) < 4.78 is 0. The van der Waals surface area contributed by atoms with Crippen molar-refractivity contribution in [2.75, 3.05) is 46.3 Å². The average Bonchev–Trinajstić information content (AvgIpc) is 2.67. The number of carbonyl (C=O) groups excluding carboxylic acids is 2. The number of hydrogen-bond acceptors (Lipinski definition) is 4. The minimum absolute atomic E-state index is 0.0814. The minimum atomic E-state index is -0.654. The smallest absolute Gasteiger partial charge is 0.244 e. The molecular weight excluding hydrogens is 316 g/mol. The topological polar surface area (TPSA) is 69.9 Å². The second-order valence-corrected chi connectivity index (χ2v) is 7.14. The van der Waals surface area contributed by atoms with Gasteiger partial charge < -0.3 is 20.4 Å². The molecule has 0 spiro atoms. The molecule has 2 atom stereocenters. The van der Waals surface area contributed by atoms with E-state index in [1.807, 2.05) is 35.2 Å². The van der Waals surface area contributed by atoms with Crippen molar-refractivity contribution in [3.05, 3.63) is 35.9 Å². The van der Waals surface area contributed by atoms with Gasteiger partial charge in [0.2, 0.25) is 11.8 Å². The number of likely N-dealkylation sites (tertiary alicyclic amines) is 1. The van der Waals surface area contributed by atoms with Gasteiger partial charge in [-0.05, 0) is 25.5 Å². The minimum Gasteiger partial charge on any atom is -0.340 e. The van der Waals surface area contributed by atoms with E-state index in [4.69, 9.17) is 5.73 Å². The number of benzene rings is 1. The predicted molar refractivity (Wildman–Crippen MR) is 96.8 cm³/mol. The van der Waals surface area contributed by atoms with E-state index in [2.05, 4.69) is 11.9 Å². The van der Waals surface area contributed by atoms with Crippen molar-refractivity contribution in [1.82, 2.24) is 14.7 Å². The molecule has 1 aromatic carbocycles. The molecule has 0 aromatic heterocycles. The van der Waals surface area contributed by atoms with Crippen LogP contribution in [0.1, 0.15) is 24.4 Å². The number of nitrogens with two attached hydrogens (primary N) is 1. The highest BCUT2D eigenvalue weighted by atomic mass is 16.2. The number of hydrogen-bond donors (Lipinski definition) is 1. The van der Waals surface area contributed by atoms with Gasteiger partial charge in [0.1, 0.15) is 6.04 Å². The molecule has 25 heavy (non-hydrogen) atoms. The van der Waals surface area contributed by atoms with Crippen LogP contribution < -0.4 is 5.73 Å². The number of nitrogens with zero attached hydrogens (tertiary/aromatic N) is 3. The summed E-state index contributed by atoms with van der Waals surface area (Å²) in [5, 5.41) is 0.